The summed E-state index contributed by atoms with van der Waals surface area (Å²) in [6.07, 6.45) is 0. The van der Waals surface area contributed by atoms with Crippen LogP contribution in [0.4, 0.5) is 14.5 Å². The zero-order valence-corrected chi connectivity index (χ0v) is 10.1. The number of hydrogen-bond acceptors (Lipinski definition) is 2. The molecule has 0 radical (unpaired) electrons. The minimum Gasteiger partial charge on any atom is -0.478 e. The number of halogens is 2. The van der Waals surface area contributed by atoms with E-state index in [9.17, 15) is 18.4 Å². The Balaban J connectivity index is 2.19. The molecule has 2 N–H and O–H groups in total. The van der Waals surface area contributed by atoms with Crippen molar-refractivity contribution in [2.24, 2.45) is 0 Å². The SMILES string of the molecule is O=C(O)c1ccc(NC(=O)c2cc(F)ccc2F)cc1. The number of nitrogens with one attached hydrogen (secondary N) is 1. The number of carbonyl (C=O) groups excluding carboxylic acids is 1. The Morgan fingerprint density at radius 1 is 1.00 bits per heavy atom. The van der Waals surface area contributed by atoms with Crippen molar-refractivity contribution >= 4 is 17.6 Å². The predicted octanol–water partition coefficient (Wildman–Crippen LogP) is 2.92. The monoisotopic (exact) mass is 277 g/mol. The lowest BCUT2D eigenvalue weighted by molar-refractivity contribution is 0.0696. The van der Waals surface area contributed by atoms with Gasteiger partial charge < -0.3 is 10.4 Å². The summed E-state index contributed by atoms with van der Waals surface area (Å²) in [4.78, 5) is 22.4. The molecule has 0 unspecified atom stereocenters. The summed E-state index contributed by atoms with van der Waals surface area (Å²) in [6, 6.07) is 7.86. The highest BCUT2D eigenvalue weighted by Gasteiger charge is 2.13. The van der Waals surface area contributed by atoms with Gasteiger partial charge in [-0.2, -0.15) is 0 Å². The van der Waals surface area contributed by atoms with Crippen LogP contribution in [0.3, 0.4) is 0 Å². The summed E-state index contributed by atoms with van der Waals surface area (Å²) in [5, 5.41) is 11.1. The summed E-state index contributed by atoms with van der Waals surface area (Å²) in [5.74, 6) is -3.48. The van der Waals surface area contributed by atoms with E-state index in [1.54, 1.807) is 0 Å². The Bertz CT molecular complexity index is 669. The first-order valence-corrected chi connectivity index (χ1v) is 5.57. The molecular formula is C14H9F2NO3. The van der Waals surface area contributed by atoms with Crippen LogP contribution >= 0.6 is 0 Å². The van der Waals surface area contributed by atoms with Gasteiger partial charge in [-0.25, -0.2) is 13.6 Å². The second-order valence-electron chi connectivity index (χ2n) is 3.96. The van der Waals surface area contributed by atoms with Gasteiger partial charge >= 0.3 is 5.97 Å². The largest absolute Gasteiger partial charge is 0.478 e. The fourth-order valence-electron chi connectivity index (χ4n) is 1.57. The van der Waals surface area contributed by atoms with Gasteiger partial charge in [-0.15, -0.1) is 0 Å². The Kier molecular flexibility index (Phi) is 3.74. The third-order valence-electron chi connectivity index (χ3n) is 2.56. The van der Waals surface area contributed by atoms with Gasteiger partial charge in [0.2, 0.25) is 0 Å². The second kappa shape index (κ2) is 5.48. The molecule has 102 valence electrons. The van der Waals surface area contributed by atoms with E-state index < -0.39 is 29.1 Å². The van der Waals surface area contributed by atoms with Crippen molar-refractivity contribution in [3.05, 3.63) is 65.2 Å². The Morgan fingerprint density at radius 3 is 2.25 bits per heavy atom. The van der Waals surface area contributed by atoms with Crippen molar-refractivity contribution in [1.82, 2.24) is 0 Å². The lowest BCUT2D eigenvalue weighted by Crippen LogP contribution is -2.14. The van der Waals surface area contributed by atoms with Crippen molar-refractivity contribution in [2.75, 3.05) is 5.32 Å². The highest BCUT2D eigenvalue weighted by atomic mass is 19.1. The van der Waals surface area contributed by atoms with Crippen LogP contribution in [0.25, 0.3) is 0 Å². The lowest BCUT2D eigenvalue weighted by Gasteiger charge is -2.06. The number of anilines is 1. The van der Waals surface area contributed by atoms with Crippen LogP contribution in [0.2, 0.25) is 0 Å². The molecule has 0 atom stereocenters. The third-order valence-corrected chi connectivity index (χ3v) is 2.56. The van der Waals surface area contributed by atoms with Crippen molar-refractivity contribution < 1.29 is 23.5 Å². The quantitative estimate of drug-likeness (QED) is 0.906. The number of carbonyl (C=O) groups is 2. The van der Waals surface area contributed by atoms with Gasteiger partial charge in [-0.1, -0.05) is 0 Å². The number of carboxylic acids is 1. The first kappa shape index (κ1) is 13.7. The van der Waals surface area contributed by atoms with Crippen LogP contribution in [0.15, 0.2) is 42.5 Å². The summed E-state index contributed by atoms with van der Waals surface area (Å²) in [5.41, 5.74) is -0.0871. The number of carboxylic acid groups (broad SMARTS) is 1. The van der Waals surface area contributed by atoms with Gasteiger partial charge in [0.25, 0.3) is 5.91 Å². The topological polar surface area (TPSA) is 66.4 Å². The third kappa shape index (κ3) is 2.97. The van der Waals surface area contributed by atoms with Crippen molar-refractivity contribution in [1.29, 1.82) is 0 Å². The molecule has 0 aliphatic rings. The first-order chi connectivity index (χ1) is 9.47. The molecule has 0 saturated carbocycles. The van der Waals surface area contributed by atoms with E-state index in [1.165, 1.54) is 24.3 Å². The van der Waals surface area contributed by atoms with Crippen LogP contribution in [0.5, 0.6) is 0 Å². The number of amides is 1. The summed E-state index contributed by atoms with van der Waals surface area (Å²) >= 11 is 0. The molecule has 2 rings (SSSR count). The number of benzene rings is 2. The maximum absolute atomic E-state index is 13.4. The Hall–Kier alpha value is -2.76. The molecule has 0 spiro atoms. The molecule has 4 nitrogen and oxygen atoms in total. The molecule has 0 bridgehead atoms. The van der Waals surface area contributed by atoms with Crippen LogP contribution in [-0.2, 0) is 0 Å². The van der Waals surface area contributed by atoms with Crippen LogP contribution in [0.1, 0.15) is 20.7 Å². The second-order valence-corrected chi connectivity index (χ2v) is 3.96. The lowest BCUT2D eigenvalue weighted by atomic mass is 10.1. The van der Waals surface area contributed by atoms with Gasteiger partial charge in [0, 0.05) is 5.69 Å². The molecule has 0 heterocycles. The summed E-state index contributed by atoms with van der Waals surface area (Å²) < 4.78 is 26.4. The molecular weight excluding hydrogens is 268 g/mol. The highest BCUT2D eigenvalue weighted by molar-refractivity contribution is 6.04. The highest BCUT2D eigenvalue weighted by Crippen LogP contribution is 2.14. The summed E-state index contributed by atoms with van der Waals surface area (Å²) in [6.45, 7) is 0. The Labute approximate surface area is 112 Å². The van der Waals surface area contributed by atoms with E-state index in [1.807, 2.05) is 0 Å². The Morgan fingerprint density at radius 2 is 1.65 bits per heavy atom. The average molecular weight is 277 g/mol. The average Bonchev–Trinajstić information content (AvgIpc) is 2.42. The minimum atomic E-state index is -1.10. The van der Waals surface area contributed by atoms with Crippen molar-refractivity contribution in [3.63, 3.8) is 0 Å². The molecule has 2 aromatic rings. The number of aromatic carboxylic acids is 1. The van der Waals surface area contributed by atoms with Gasteiger partial charge in [0.1, 0.15) is 11.6 Å². The van der Waals surface area contributed by atoms with Crippen LogP contribution in [0, 0.1) is 11.6 Å². The number of hydrogen-bond donors (Lipinski definition) is 2. The van der Waals surface area contributed by atoms with Gasteiger partial charge in [0.05, 0.1) is 11.1 Å². The molecule has 1 amide bonds. The molecule has 0 aliphatic carbocycles. The van der Waals surface area contributed by atoms with Gasteiger partial charge in [0.15, 0.2) is 0 Å². The van der Waals surface area contributed by atoms with E-state index in [4.69, 9.17) is 5.11 Å². The first-order valence-electron chi connectivity index (χ1n) is 5.57. The molecule has 0 aromatic heterocycles. The minimum absolute atomic E-state index is 0.0555. The van der Waals surface area contributed by atoms with Crippen molar-refractivity contribution in [2.45, 2.75) is 0 Å². The normalized spacial score (nSPS) is 10.1. The molecule has 20 heavy (non-hydrogen) atoms. The van der Waals surface area contributed by atoms with Crippen LogP contribution in [-0.4, -0.2) is 17.0 Å². The van der Waals surface area contributed by atoms with Gasteiger partial charge in [-0.3, -0.25) is 4.79 Å². The number of rotatable bonds is 3. The maximum atomic E-state index is 13.4. The molecule has 0 saturated heterocycles. The fraction of sp³-hybridized carbons (Fsp3) is 0. The fourth-order valence-corrected chi connectivity index (χ4v) is 1.57. The van der Waals surface area contributed by atoms with Crippen LogP contribution < -0.4 is 5.32 Å². The predicted molar refractivity (Wildman–Crippen MR) is 67.7 cm³/mol. The molecule has 2 aromatic carbocycles. The molecule has 6 heteroatoms. The van der Waals surface area contributed by atoms with Crippen molar-refractivity contribution in [3.8, 4) is 0 Å². The molecule has 0 aliphatic heterocycles. The van der Waals surface area contributed by atoms with E-state index in [0.29, 0.717) is 0 Å². The van der Waals surface area contributed by atoms with E-state index in [0.717, 1.165) is 18.2 Å². The zero-order chi connectivity index (χ0) is 14.7. The van der Waals surface area contributed by atoms with Gasteiger partial charge in [-0.05, 0) is 42.5 Å². The molecule has 0 fully saturated rings. The zero-order valence-electron chi connectivity index (χ0n) is 10.1. The van der Waals surface area contributed by atoms with E-state index >= 15 is 0 Å². The summed E-state index contributed by atoms with van der Waals surface area (Å²) in [7, 11) is 0. The maximum Gasteiger partial charge on any atom is 0.335 e. The smallest absolute Gasteiger partial charge is 0.335 e. The van der Waals surface area contributed by atoms with E-state index in [2.05, 4.69) is 5.32 Å². The van der Waals surface area contributed by atoms with E-state index in [-0.39, 0.29) is 11.3 Å². The standard InChI is InChI=1S/C14H9F2NO3/c15-9-3-6-12(16)11(7-9)13(18)17-10-4-1-8(2-5-10)14(19)20/h1-7H,(H,17,18)(H,19,20).